The lowest BCUT2D eigenvalue weighted by atomic mass is 9.98. The first-order valence-corrected chi connectivity index (χ1v) is 6.63. The number of aromatic nitrogens is 1. The van der Waals surface area contributed by atoms with E-state index in [-0.39, 0.29) is 24.2 Å². The van der Waals surface area contributed by atoms with Crippen molar-refractivity contribution in [2.45, 2.75) is 19.3 Å². The number of hydrogen-bond donors (Lipinski definition) is 1. The quantitative estimate of drug-likeness (QED) is 0.911. The van der Waals surface area contributed by atoms with Gasteiger partial charge in [0.15, 0.2) is 0 Å². The van der Waals surface area contributed by atoms with Crippen molar-refractivity contribution in [3.05, 3.63) is 30.1 Å². The summed E-state index contributed by atoms with van der Waals surface area (Å²) in [6.45, 7) is 2.61. The first-order valence-electron chi connectivity index (χ1n) is 6.63. The predicted octanol–water partition coefficient (Wildman–Crippen LogP) is 1.50. The van der Waals surface area contributed by atoms with Crippen molar-refractivity contribution in [1.82, 2.24) is 15.2 Å². The highest BCUT2D eigenvalue weighted by Gasteiger charge is 2.23. The summed E-state index contributed by atoms with van der Waals surface area (Å²) < 4.78 is 0. The van der Waals surface area contributed by atoms with E-state index in [1.54, 1.807) is 6.20 Å². The molecule has 1 saturated heterocycles. The first kappa shape index (κ1) is 15.9. The summed E-state index contributed by atoms with van der Waals surface area (Å²) in [5, 5.41) is 3.28. The Bertz CT molecular complexity index is 380. The number of nitrogens with zero attached hydrogens (tertiary/aromatic N) is 2. The molecule has 1 N–H and O–H groups in total. The van der Waals surface area contributed by atoms with Gasteiger partial charge in [0.25, 0.3) is 0 Å². The molecule has 1 aromatic heterocycles. The van der Waals surface area contributed by atoms with Gasteiger partial charge in [0.05, 0.1) is 5.92 Å². The van der Waals surface area contributed by atoms with Crippen LogP contribution in [0.1, 0.15) is 18.5 Å². The van der Waals surface area contributed by atoms with E-state index < -0.39 is 0 Å². The third-order valence-electron chi connectivity index (χ3n) is 3.45. The topological polar surface area (TPSA) is 45.2 Å². The Morgan fingerprint density at radius 3 is 3.00 bits per heavy atom. The molecular formula is C14H22ClN3O. The summed E-state index contributed by atoms with van der Waals surface area (Å²) in [7, 11) is 1.89. The third kappa shape index (κ3) is 4.80. The van der Waals surface area contributed by atoms with E-state index >= 15 is 0 Å². The maximum Gasteiger partial charge on any atom is 0.226 e. The van der Waals surface area contributed by atoms with Crippen LogP contribution in [-0.4, -0.2) is 42.5 Å². The van der Waals surface area contributed by atoms with Crippen LogP contribution in [0.5, 0.6) is 0 Å². The van der Waals surface area contributed by atoms with Crippen LogP contribution >= 0.6 is 12.4 Å². The lowest BCUT2D eigenvalue weighted by molar-refractivity contribution is -0.134. The van der Waals surface area contributed by atoms with Crippen LogP contribution in [-0.2, 0) is 11.2 Å². The minimum absolute atomic E-state index is 0. The first-order chi connectivity index (χ1) is 8.77. The fourth-order valence-corrected chi connectivity index (χ4v) is 2.31. The summed E-state index contributed by atoms with van der Waals surface area (Å²) in [6.07, 6.45) is 4.73. The number of likely N-dealkylation sites (N-methyl/N-ethyl adjacent to an activating group) is 1. The number of halogens is 1. The van der Waals surface area contributed by atoms with Crippen LogP contribution < -0.4 is 5.32 Å². The Morgan fingerprint density at radius 2 is 2.37 bits per heavy atom. The summed E-state index contributed by atoms with van der Waals surface area (Å²) in [6, 6.07) is 5.89. The molecule has 1 atom stereocenters. The smallest absolute Gasteiger partial charge is 0.226 e. The van der Waals surface area contributed by atoms with Crippen LogP contribution in [0.4, 0.5) is 0 Å². The molecule has 0 aromatic carbocycles. The summed E-state index contributed by atoms with van der Waals surface area (Å²) in [5.41, 5.74) is 1.04. The van der Waals surface area contributed by atoms with Crippen molar-refractivity contribution in [1.29, 1.82) is 0 Å². The number of nitrogens with one attached hydrogen (secondary N) is 1. The Balaban J connectivity index is 0.00000180. The third-order valence-corrected chi connectivity index (χ3v) is 3.45. The minimum atomic E-state index is 0. The van der Waals surface area contributed by atoms with Crippen LogP contribution in [0.15, 0.2) is 24.4 Å². The normalized spacial score (nSPS) is 18.5. The molecule has 1 fully saturated rings. The van der Waals surface area contributed by atoms with Crippen molar-refractivity contribution in [2.24, 2.45) is 5.92 Å². The van der Waals surface area contributed by atoms with E-state index in [1.807, 2.05) is 30.1 Å². The molecule has 0 aliphatic carbocycles. The monoisotopic (exact) mass is 283 g/mol. The standard InChI is InChI=1S/C14H21N3O.ClH/c1-17(10-7-13-6-2-3-9-16-13)14(18)12-5-4-8-15-11-12;/h2-3,6,9,12,15H,4-5,7-8,10-11H2,1H3;1H/t12-;/m1./s1. The van der Waals surface area contributed by atoms with Gasteiger partial charge in [-0.05, 0) is 31.5 Å². The van der Waals surface area contributed by atoms with Gasteiger partial charge in [0, 0.05) is 38.4 Å². The molecule has 1 aliphatic rings. The Labute approximate surface area is 121 Å². The summed E-state index contributed by atoms with van der Waals surface area (Å²) >= 11 is 0. The number of piperidine rings is 1. The zero-order valence-corrected chi connectivity index (χ0v) is 12.2. The molecule has 19 heavy (non-hydrogen) atoms. The van der Waals surface area contributed by atoms with Gasteiger partial charge in [-0.2, -0.15) is 0 Å². The van der Waals surface area contributed by atoms with Gasteiger partial charge in [0.2, 0.25) is 5.91 Å². The second-order valence-corrected chi connectivity index (χ2v) is 4.87. The predicted molar refractivity (Wildman–Crippen MR) is 78.4 cm³/mol. The van der Waals surface area contributed by atoms with E-state index in [0.29, 0.717) is 0 Å². The highest BCUT2D eigenvalue weighted by atomic mass is 35.5. The number of amides is 1. The van der Waals surface area contributed by atoms with Crippen molar-refractivity contribution in [2.75, 3.05) is 26.7 Å². The highest BCUT2D eigenvalue weighted by molar-refractivity contribution is 5.85. The zero-order valence-electron chi connectivity index (χ0n) is 11.3. The number of rotatable bonds is 4. The number of hydrogen-bond acceptors (Lipinski definition) is 3. The van der Waals surface area contributed by atoms with Crippen molar-refractivity contribution < 1.29 is 4.79 Å². The van der Waals surface area contributed by atoms with Crippen molar-refractivity contribution in [3.63, 3.8) is 0 Å². The van der Waals surface area contributed by atoms with Gasteiger partial charge in [-0.1, -0.05) is 6.07 Å². The molecule has 5 heteroatoms. The van der Waals surface area contributed by atoms with Gasteiger partial charge in [0.1, 0.15) is 0 Å². The molecule has 1 amide bonds. The molecule has 0 bridgehead atoms. The molecule has 0 radical (unpaired) electrons. The molecule has 4 nitrogen and oxygen atoms in total. The van der Waals surface area contributed by atoms with E-state index in [1.165, 1.54) is 0 Å². The van der Waals surface area contributed by atoms with Crippen LogP contribution in [0, 0.1) is 5.92 Å². The highest BCUT2D eigenvalue weighted by Crippen LogP contribution is 2.12. The van der Waals surface area contributed by atoms with E-state index in [4.69, 9.17) is 0 Å². The van der Waals surface area contributed by atoms with Gasteiger partial charge in [-0.3, -0.25) is 9.78 Å². The maximum absolute atomic E-state index is 12.2. The van der Waals surface area contributed by atoms with E-state index in [9.17, 15) is 4.79 Å². The zero-order chi connectivity index (χ0) is 12.8. The van der Waals surface area contributed by atoms with Crippen LogP contribution in [0.25, 0.3) is 0 Å². The average molecular weight is 284 g/mol. The Kier molecular flexibility index (Phi) is 6.81. The van der Waals surface area contributed by atoms with Crippen LogP contribution in [0.2, 0.25) is 0 Å². The minimum Gasteiger partial charge on any atom is -0.345 e. The van der Waals surface area contributed by atoms with Gasteiger partial charge < -0.3 is 10.2 Å². The van der Waals surface area contributed by atoms with Crippen molar-refractivity contribution in [3.8, 4) is 0 Å². The molecule has 0 unspecified atom stereocenters. The Hall–Kier alpha value is -1.13. The van der Waals surface area contributed by atoms with E-state index in [2.05, 4.69) is 10.3 Å². The number of carbonyl (C=O) groups is 1. The SMILES string of the molecule is CN(CCc1ccccn1)C(=O)[C@@H]1CCCNC1.Cl. The fraction of sp³-hybridized carbons (Fsp3) is 0.571. The second-order valence-electron chi connectivity index (χ2n) is 4.87. The molecule has 1 aromatic rings. The number of pyridine rings is 1. The van der Waals surface area contributed by atoms with Gasteiger partial charge in [-0.15, -0.1) is 12.4 Å². The van der Waals surface area contributed by atoms with Gasteiger partial charge in [-0.25, -0.2) is 0 Å². The largest absolute Gasteiger partial charge is 0.345 e. The Morgan fingerprint density at radius 1 is 1.53 bits per heavy atom. The molecule has 2 rings (SSSR count). The molecule has 0 spiro atoms. The molecule has 2 heterocycles. The molecule has 106 valence electrons. The maximum atomic E-state index is 12.2. The average Bonchev–Trinajstić information content (AvgIpc) is 2.46. The van der Waals surface area contributed by atoms with Crippen LogP contribution in [0.3, 0.4) is 0 Å². The summed E-state index contributed by atoms with van der Waals surface area (Å²) in [5.74, 6) is 0.422. The lowest BCUT2D eigenvalue weighted by Gasteiger charge is -2.26. The van der Waals surface area contributed by atoms with E-state index in [0.717, 1.165) is 44.6 Å². The number of carbonyl (C=O) groups excluding carboxylic acids is 1. The summed E-state index contributed by atoms with van der Waals surface area (Å²) in [4.78, 5) is 18.3. The second kappa shape index (κ2) is 8.12. The van der Waals surface area contributed by atoms with Gasteiger partial charge >= 0.3 is 0 Å². The molecule has 0 saturated carbocycles. The molecule has 1 aliphatic heterocycles. The molecular weight excluding hydrogens is 262 g/mol. The fourth-order valence-electron chi connectivity index (χ4n) is 2.31. The lowest BCUT2D eigenvalue weighted by Crippen LogP contribution is -2.42. The van der Waals surface area contributed by atoms with Crippen molar-refractivity contribution >= 4 is 18.3 Å².